The second kappa shape index (κ2) is 10.8. The van der Waals surface area contributed by atoms with E-state index in [9.17, 15) is 26.7 Å². The van der Waals surface area contributed by atoms with Crippen molar-refractivity contribution in [1.82, 2.24) is 15.4 Å². The molecule has 3 aromatic carbocycles. The van der Waals surface area contributed by atoms with Gasteiger partial charge in [0.25, 0.3) is 0 Å². The maximum Gasteiger partial charge on any atom is 0.419 e. The molecule has 1 atom stereocenters. The third-order valence-corrected chi connectivity index (χ3v) is 7.27. The average Bonchev–Trinajstić information content (AvgIpc) is 3.37. The summed E-state index contributed by atoms with van der Waals surface area (Å²) in [5, 5.41) is 2.35. The third kappa shape index (κ3) is 4.84. The van der Waals surface area contributed by atoms with Gasteiger partial charge in [-0.25, -0.2) is 19.6 Å². The number of nitrogens with one attached hydrogen (secondary N) is 1. The molecule has 226 valence electrons. The molecule has 0 fully saturated rings. The topological polar surface area (TPSA) is 96.3 Å². The van der Waals surface area contributed by atoms with Crippen molar-refractivity contribution in [1.29, 1.82) is 0 Å². The molecular weight excluding hydrogens is 585 g/mol. The molecule has 0 bridgehead atoms. The predicted molar refractivity (Wildman–Crippen MR) is 153 cm³/mol. The Morgan fingerprint density at radius 3 is 2.57 bits per heavy atom. The molecular formula is C31H24F5N5O3. The molecule has 0 radical (unpaired) electrons. The minimum absolute atomic E-state index is 0.0356. The fourth-order valence-electron chi connectivity index (χ4n) is 5.33. The summed E-state index contributed by atoms with van der Waals surface area (Å²) >= 11 is 0. The van der Waals surface area contributed by atoms with Gasteiger partial charge in [-0.05, 0) is 61.9 Å². The van der Waals surface area contributed by atoms with Crippen molar-refractivity contribution in [3.05, 3.63) is 117 Å². The number of aliphatic imine (C=N–C) groups is 1. The normalized spacial score (nSPS) is 15.4. The van der Waals surface area contributed by atoms with Crippen LogP contribution in [0.2, 0.25) is 0 Å². The van der Waals surface area contributed by atoms with Gasteiger partial charge >= 0.3 is 6.18 Å². The molecule has 13 heteroatoms. The van der Waals surface area contributed by atoms with Crippen LogP contribution in [-0.4, -0.2) is 23.0 Å². The molecule has 3 heterocycles. The molecule has 2 aliphatic rings. The smallest absolute Gasteiger partial charge is 0.419 e. The number of fused-ring (bicyclic) bond motifs is 2. The van der Waals surface area contributed by atoms with E-state index >= 15 is 0 Å². The van der Waals surface area contributed by atoms with Crippen molar-refractivity contribution >= 4 is 23.0 Å². The first-order chi connectivity index (χ1) is 21.0. The number of rotatable bonds is 6. The zero-order valence-electron chi connectivity index (χ0n) is 23.2. The van der Waals surface area contributed by atoms with E-state index in [-0.39, 0.29) is 57.2 Å². The van der Waals surface area contributed by atoms with Crippen LogP contribution in [0, 0.1) is 11.6 Å². The van der Waals surface area contributed by atoms with Gasteiger partial charge in [0.2, 0.25) is 5.43 Å². The third-order valence-electron chi connectivity index (χ3n) is 7.27. The second-order valence-electron chi connectivity index (χ2n) is 10.0. The van der Waals surface area contributed by atoms with Gasteiger partial charge in [0.1, 0.15) is 57.9 Å². The van der Waals surface area contributed by atoms with Crippen LogP contribution >= 0.6 is 0 Å². The van der Waals surface area contributed by atoms with Gasteiger partial charge < -0.3 is 9.15 Å². The van der Waals surface area contributed by atoms with E-state index < -0.39 is 34.8 Å². The Balaban J connectivity index is 1.51. The lowest BCUT2D eigenvalue weighted by Gasteiger charge is -2.30. The Labute approximate surface area is 247 Å². The fraction of sp³-hybridized carbons (Fsp3) is 0.161. The monoisotopic (exact) mass is 609 g/mol. The van der Waals surface area contributed by atoms with Crippen LogP contribution in [0.5, 0.6) is 5.75 Å². The van der Waals surface area contributed by atoms with Gasteiger partial charge in [0.05, 0.1) is 29.6 Å². The number of hydrogen-bond donors (Lipinski definition) is 2. The summed E-state index contributed by atoms with van der Waals surface area (Å²) in [6, 6.07) is 11.9. The van der Waals surface area contributed by atoms with Crippen LogP contribution in [0.4, 0.5) is 22.0 Å². The highest BCUT2D eigenvalue weighted by molar-refractivity contribution is 5.84. The van der Waals surface area contributed by atoms with E-state index in [4.69, 9.17) is 15.0 Å². The molecule has 8 nitrogen and oxygen atoms in total. The first kappa shape index (κ1) is 28.9. The Morgan fingerprint density at radius 1 is 1.07 bits per heavy atom. The molecule has 3 N–H and O–H groups in total. The van der Waals surface area contributed by atoms with Crippen molar-refractivity contribution in [2.24, 2.45) is 10.8 Å². The van der Waals surface area contributed by atoms with Crippen LogP contribution in [0.3, 0.4) is 0 Å². The van der Waals surface area contributed by atoms with E-state index in [0.29, 0.717) is 5.70 Å². The highest BCUT2D eigenvalue weighted by Gasteiger charge is 2.39. The van der Waals surface area contributed by atoms with E-state index in [1.54, 1.807) is 13.8 Å². The lowest BCUT2D eigenvalue weighted by Crippen LogP contribution is -2.36. The molecule has 44 heavy (non-hydrogen) atoms. The van der Waals surface area contributed by atoms with Gasteiger partial charge in [0.15, 0.2) is 0 Å². The molecule has 0 saturated carbocycles. The SMILES string of the molecule is CCOc1ccc(C2=C3C(=CN=CN3N)N(C(C)c3oc4cccc(F)c4c(=O)c3-c3cccc(F)c3)N2)cc1C(F)(F)F. The highest BCUT2D eigenvalue weighted by Crippen LogP contribution is 2.43. The quantitative estimate of drug-likeness (QED) is 0.191. The summed E-state index contributed by atoms with van der Waals surface area (Å²) in [5.41, 5.74) is 2.38. The Kier molecular flexibility index (Phi) is 7.12. The predicted octanol–water partition coefficient (Wildman–Crippen LogP) is 6.46. The van der Waals surface area contributed by atoms with E-state index in [0.717, 1.165) is 23.2 Å². The maximum absolute atomic E-state index is 14.9. The van der Waals surface area contributed by atoms with Gasteiger partial charge in [-0.2, -0.15) is 13.2 Å². The number of nitrogens with two attached hydrogens (primary N) is 1. The first-order valence-corrected chi connectivity index (χ1v) is 13.4. The summed E-state index contributed by atoms with van der Waals surface area (Å²) < 4.78 is 82.6. The summed E-state index contributed by atoms with van der Waals surface area (Å²) in [7, 11) is 0. The van der Waals surface area contributed by atoms with Crippen LogP contribution in [0.1, 0.15) is 36.8 Å². The molecule has 0 amide bonds. The Bertz CT molecular complexity index is 1950. The Hall–Kier alpha value is -5.17. The van der Waals surface area contributed by atoms with Crippen molar-refractivity contribution < 1.29 is 31.1 Å². The van der Waals surface area contributed by atoms with E-state index in [2.05, 4.69) is 10.4 Å². The molecule has 0 saturated heterocycles. The van der Waals surface area contributed by atoms with E-state index in [1.165, 1.54) is 60.0 Å². The van der Waals surface area contributed by atoms with E-state index in [1.807, 2.05) is 0 Å². The molecule has 1 aromatic heterocycles. The zero-order valence-corrected chi connectivity index (χ0v) is 23.2. The first-order valence-electron chi connectivity index (χ1n) is 13.4. The molecule has 1 unspecified atom stereocenters. The lowest BCUT2D eigenvalue weighted by molar-refractivity contribution is -0.138. The summed E-state index contributed by atoms with van der Waals surface area (Å²) in [5.74, 6) is 4.49. The number of hydrogen-bond acceptors (Lipinski definition) is 8. The number of hydrazine groups is 2. The molecule has 2 aliphatic heterocycles. The van der Waals surface area contributed by atoms with Crippen molar-refractivity contribution in [3.8, 4) is 16.9 Å². The van der Waals surface area contributed by atoms with Crippen molar-refractivity contribution in [3.63, 3.8) is 0 Å². The summed E-state index contributed by atoms with van der Waals surface area (Å²) in [6.45, 7) is 3.27. The lowest BCUT2D eigenvalue weighted by atomic mass is 9.98. The van der Waals surface area contributed by atoms with Gasteiger partial charge in [-0.1, -0.05) is 18.2 Å². The van der Waals surface area contributed by atoms with Crippen molar-refractivity contribution in [2.45, 2.75) is 26.1 Å². The van der Waals surface area contributed by atoms with Gasteiger partial charge in [0, 0.05) is 5.56 Å². The minimum Gasteiger partial charge on any atom is -0.493 e. The molecule has 6 rings (SSSR count). The van der Waals surface area contributed by atoms with Crippen LogP contribution in [-0.2, 0) is 6.18 Å². The van der Waals surface area contributed by atoms with Crippen LogP contribution < -0.4 is 21.4 Å². The largest absolute Gasteiger partial charge is 0.493 e. The number of halogens is 5. The minimum atomic E-state index is -4.71. The molecule has 0 spiro atoms. The fourth-order valence-corrected chi connectivity index (χ4v) is 5.33. The highest BCUT2D eigenvalue weighted by atomic mass is 19.4. The maximum atomic E-state index is 14.9. The number of alkyl halides is 3. The van der Waals surface area contributed by atoms with Gasteiger partial charge in [-0.3, -0.25) is 20.2 Å². The molecule has 0 aliphatic carbocycles. The van der Waals surface area contributed by atoms with Crippen LogP contribution in [0.25, 0.3) is 27.8 Å². The zero-order chi connectivity index (χ0) is 31.3. The Morgan fingerprint density at radius 2 is 1.84 bits per heavy atom. The van der Waals surface area contributed by atoms with Gasteiger partial charge in [-0.15, -0.1) is 0 Å². The van der Waals surface area contributed by atoms with Crippen molar-refractivity contribution in [2.75, 3.05) is 6.61 Å². The summed E-state index contributed by atoms with van der Waals surface area (Å²) in [6.07, 6.45) is -1.99. The molecule has 4 aromatic rings. The number of benzene rings is 3. The number of ether oxygens (including phenoxy) is 1. The standard InChI is InChI=1S/C31H24F5N5O3/c1-3-43-23-11-10-18(13-20(23)31(34,35)36)27-28-22(14-38-15-40(28)37)41(39-27)16(2)30-25(17-6-4-7-19(32)12-17)29(42)26-21(33)8-5-9-24(26)44-30/h4-16,39H,3,37H2,1-2H3. The van der Waals surface area contributed by atoms with Crippen LogP contribution in [0.15, 0.2) is 92.5 Å². The summed E-state index contributed by atoms with van der Waals surface area (Å²) in [4.78, 5) is 17.9. The second-order valence-corrected chi connectivity index (χ2v) is 10.0. The number of nitrogens with zero attached hydrogens (tertiary/aromatic N) is 3. The average molecular weight is 610 g/mol.